The first-order valence-corrected chi connectivity index (χ1v) is 8.72. The molecule has 0 spiro atoms. The summed E-state index contributed by atoms with van der Waals surface area (Å²) in [5.74, 6) is -0.328. The molecule has 2 aromatic rings. The lowest BCUT2D eigenvalue weighted by Crippen LogP contribution is -2.46. The molecule has 1 aliphatic rings. The number of aryl methyl sites for hydroxylation is 1. The Balaban J connectivity index is 1.98. The lowest BCUT2D eigenvalue weighted by molar-refractivity contribution is -0.113. The van der Waals surface area contributed by atoms with E-state index in [-0.39, 0.29) is 11.9 Å². The van der Waals surface area contributed by atoms with Crippen LogP contribution in [-0.2, 0) is 4.79 Å². The van der Waals surface area contributed by atoms with E-state index in [1.807, 2.05) is 19.1 Å². The van der Waals surface area contributed by atoms with Crippen LogP contribution >= 0.6 is 23.2 Å². The number of amides is 3. The highest BCUT2D eigenvalue weighted by molar-refractivity contribution is 6.31. The SMILES string of the molecule is CC1=C(C(=O)Nc2cc(Cl)ccc2C)[C@H](c2cccc(Cl)c2)NC(=O)N1. The standard InChI is InChI=1S/C19H17Cl2N3O2/c1-10-6-7-14(21)9-15(10)23-18(25)16-11(2)22-19(26)24-17(16)12-4-3-5-13(20)8-12/h3-9,17H,1-2H3,(H,23,25)(H2,22,24,26)/t17-/m0/s1. The van der Waals surface area contributed by atoms with Crippen molar-refractivity contribution in [2.45, 2.75) is 19.9 Å². The van der Waals surface area contributed by atoms with Gasteiger partial charge in [-0.05, 0) is 49.2 Å². The summed E-state index contributed by atoms with van der Waals surface area (Å²) in [5.41, 5.74) is 3.11. The van der Waals surface area contributed by atoms with Crippen LogP contribution in [0.3, 0.4) is 0 Å². The summed E-state index contributed by atoms with van der Waals surface area (Å²) in [6, 6.07) is 11.3. The molecule has 0 unspecified atom stereocenters. The summed E-state index contributed by atoms with van der Waals surface area (Å²) in [4.78, 5) is 24.9. The molecule has 0 fully saturated rings. The van der Waals surface area contributed by atoms with Gasteiger partial charge in [-0.25, -0.2) is 4.79 Å². The van der Waals surface area contributed by atoms with E-state index >= 15 is 0 Å². The zero-order valence-electron chi connectivity index (χ0n) is 14.2. The van der Waals surface area contributed by atoms with Gasteiger partial charge in [0.05, 0.1) is 11.6 Å². The van der Waals surface area contributed by atoms with Crippen molar-refractivity contribution in [3.05, 3.63) is 74.9 Å². The van der Waals surface area contributed by atoms with Gasteiger partial charge in [0, 0.05) is 21.4 Å². The van der Waals surface area contributed by atoms with Crippen molar-refractivity contribution in [2.24, 2.45) is 0 Å². The molecular weight excluding hydrogens is 373 g/mol. The molecule has 1 heterocycles. The van der Waals surface area contributed by atoms with Gasteiger partial charge in [-0.15, -0.1) is 0 Å². The predicted octanol–water partition coefficient (Wildman–Crippen LogP) is 4.57. The molecule has 0 saturated heterocycles. The van der Waals surface area contributed by atoms with Crippen LogP contribution in [0.25, 0.3) is 0 Å². The fourth-order valence-electron chi connectivity index (χ4n) is 2.85. The zero-order chi connectivity index (χ0) is 18.8. The van der Waals surface area contributed by atoms with Crippen molar-refractivity contribution in [3.63, 3.8) is 0 Å². The Kier molecular flexibility index (Phi) is 5.20. The summed E-state index contributed by atoms with van der Waals surface area (Å²) in [5, 5.41) is 9.35. The number of hydrogen-bond acceptors (Lipinski definition) is 2. The number of urea groups is 1. The van der Waals surface area contributed by atoms with Gasteiger partial charge in [-0.1, -0.05) is 41.4 Å². The minimum absolute atomic E-state index is 0.328. The predicted molar refractivity (Wildman–Crippen MR) is 103 cm³/mol. The Morgan fingerprint density at radius 1 is 1.08 bits per heavy atom. The highest BCUT2D eigenvalue weighted by Crippen LogP contribution is 2.30. The quantitative estimate of drug-likeness (QED) is 0.719. The molecule has 1 atom stereocenters. The van der Waals surface area contributed by atoms with Crippen molar-refractivity contribution >= 4 is 40.8 Å². The minimum atomic E-state index is -0.609. The van der Waals surface area contributed by atoms with Crippen LogP contribution in [0, 0.1) is 6.92 Å². The second-order valence-electron chi connectivity index (χ2n) is 6.04. The molecule has 134 valence electrons. The molecule has 0 aliphatic carbocycles. The largest absolute Gasteiger partial charge is 0.327 e. The molecule has 3 N–H and O–H groups in total. The average molecular weight is 390 g/mol. The maximum absolute atomic E-state index is 13.0. The molecule has 0 aromatic heterocycles. The van der Waals surface area contributed by atoms with Crippen molar-refractivity contribution in [1.29, 1.82) is 0 Å². The first-order valence-electron chi connectivity index (χ1n) is 7.96. The Hall–Kier alpha value is -2.50. The molecular formula is C19H17Cl2N3O2. The molecule has 26 heavy (non-hydrogen) atoms. The Bertz CT molecular complexity index is 925. The summed E-state index contributed by atoms with van der Waals surface area (Å²) < 4.78 is 0. The van der Waals surface area contributed by atoms with E-state index < -0.39 is 6.04 Å². The number of hydrogen-bond donors (Lipinski definition) is 3. The van der Waals surface area contributed by atoms with Crippen LogP contribution in [0.5, 0.6) is 0 Å². The second-order valence-corrected chi connectivity index (χ2v) is 6.91. The number of benzene rings is 2. The fourth-order valence-corrected chi connectivity index (χ4v) is 3.22. The Morgan fingerprint density at radius 3 is 2.54 bits per heavy atom. The van der Waals surface area contributed by atoms with Gasteiger partial charge in [-0.2, -0.15) is 0 Å². The second kappa shape index (κ2) is 7.40. The van der Waals surface area contributed by atoms with E-state index in [9.17, 15) is 9.59 Å². The summed E-state index contributed by atoms with van der Waals surface area (Å²) in [6.45, 7) is 3.57. The number of rotatable bonds is 3. The number of carbonyl (C=O) groups is 2. The summed E-state index contributed by atoms with van der Waals surface area (Å²) in [6.07, 6.45) is 0. The van der Waals surface area contributed by atoms with Gasteiger partial charge in [0.25, 0.3) is 5.91 Å². The van der Waals surface area contributed by atoms with E-state index in [2.05, 4.69) is 16.0 Å². The third kappa shape index (κ3) is 3.84. The minimum Gasteiger partial charge on any atom is -0.327 e. The van der Waals surface area contributed by atoms with Gasteiger partial charge in [0.1, 0.15) is 0 Å². The lowest BCUT2D eigenvalue weighted by Gasteiger charge is -2.29. The zero-order valence-corrected chi connectivity index (χ0v) is 15.7. The molecule has 2 aromatic carbocycles. The van der Waals surface area contributed by atoms with E-state index in [0.29, 0.717) is 27.0 Å². The third-order valence-corrected chi connectivity index (χ3v) is 4.61. The van der Waals surface area contributed by atoms with Crippen LogP contribution < -0.4 is 16.0 Å². The van der Waals surface area contributed by atoms with Gasteiger partial charge in [0.2, 0.25) is 0 Å². The fraction of sp³-hybridized carbons (Fsp3) is 0.158. The summed E-state index contributed by atoms with van der Waals surface area (Å²) >= 11 is 12.1. The highest BCUT2D eigenvalue weighted by Gasteiger charge is 2.31. The van der Waals surface area contributed by atoms with Crippen LogP contribution in [0.1, 0.15) is 24.1 Å². The maximum Gasteiger partial charge on any atom is 0.319 e. The maximum atomic E-state index is 13.0. The molecule has 3 rings (SSSR count). The normalized spacial score (nSPS) is 16.8. The van der Waals surface area contributed by atoms with Crippen molar-refractivity contribution in [3.8, 4) is 0 Å². The first kappa shape index (κ1) is 18.3. The van der Waals surface area contributed by atoms with Gasteiger partial charge >= 0.3 is 6.03 Å². The Morgan fingerprint density at radius 2 is 1.81 bits per heavy atom. The van der Waals surface area contributed by atoms with Crippen molar-refractivity contribution in [1.82, 2.24) is 10.6 Å². The number of anilines is 1. The van der Waals surface area contributed by atoms with Crippen LogP contribution in [-0.4, -0.2) is 11.9 Å². The lowest BCUT2D eigenvalue weighted by atomic mass is 9.94. The topological polar surface area (TPSA) is 70.2 Å². The third-order valence-electron chi connectivity index (χ3n) is 4.14. The number of nitrogens with one attached hydrogen (secondary N) is 3. The van der Waals surface area contributed by atoms with Gasteiger partial charge in [-0.3, -0.25) is 4.79 Å². The smallest absolute Gasteiger partial charge is 0.319 e. The molecule has 0 radical (unpaired) electrons. The van der Waals surface area contributed by atoms with Crippen LogP contribution in [0.15, 0.2) is 53.7 Å². The summed E-state index contributed by atoms with van der Waals surface area (Å²) in [7, 11) is 0. The van der Waals surface area contributed by atoms with Crippen LogP contribution in [0.2, 0.25) is 10.0 Å². The molecule has 1 aliphatic heterocycles. The highest BCUT2D eigenvalue weighted by atomic mass is 35.5. The van der Waals surface area contributed by atoms with E-state index in [0.717, 1.165) is 11.1 Å². The molecule has 0 bridgehead atoms. The number of halogens is 2. The van der Waals surface area contributed by atoms with E-state index in [1.54, 1.807) is 37.3 Å². The van der Waals surface area contributed by atoms with Crippen LogP contribution in [0.4, 0.5) is 10.5 Å². The van der Waals surface area contributed by atoms with Gasteiger partial charge < -0.3 is 16.0 Å². The molecule has 7 heteroatoms. The molecule has 5 nitrogen and oxygen atoms in total. The van der Waals surface area contributed by atoms with Crippen molar-refractivity contribution in [2.75, 3.05) is 5.32 Å². The monoisotopic (exact) mass is 389 g/mol. The van der Waals surface area contributed by atoms with Gasteiger partial charge in [0.15, 0.2) is 0 Å². The number of allylic oxidation sites excluding steroid dienone is 1. The van der Waals surface area contributed by atoms with E-state index in [4.69, 9.17) is 23.2 Å². The first-order chi connectivity index (χ1) is 12.3. The van der Waals surface area contributed by atoms with E-state index in [1.165, 1.54) is 0 Å². The van der Waals surface area contributed by atoms with Crippen molar-refractivity contribution < 1.29 is 9.59 Å². The molecule has 3 amide bonds. The Labute approximate surface area is 161 Å². The average Bonchev–Trinajstić information content (AvgIpc) is 2.57. The number of carbonyl (C=O) groups excluding carboxylic acids is 2. The molecule has 0 saturated carbocycles.